The third-order valence-corrected chi connectivity index (χ3v) is 3.85. The average Bonchev–Trinajstić information content (AvgIpc) is 2.78. The van der Waals surface area contributed by atoms with Crippen LogP contribution in [0.25, 0.3) is 0 Å². The Morgan fingerprint density at radius 1 is 1.21 bits per heavy atom. The van der Waals surface area contributed by atoms with Crippen LogP contribution >= 0.6 is 0 Å². The highest BCUT2D eigenvalue weighted by molar-refractivity contribution is 5.80. The van der Waals surface area contributed by atoms with Gasteiger partial charge in [-0.15, -0.1) is 0 Å². The average molecular weight is 195 g/mol. The molecule has 0 radical (unpaired) electrons. The van der Waals surface area contributed by atoms with Gasteiger partial charge >= 0.3 is 0 Å². The van der Waals surface area contributed by atoms with Crippen molar-refractivity contribution >= 4 is 5.91 Å². The van der Waals surface area contributed by atoms with E-state index in [1.807, 2.05) is 0 Å². The van der Waals surface area contributed by atoms with E-state index in [4.69, 9.17) is 0 Å². The lowest BCUT2D eigenvalue weighted by atomic mass is 10.1. The number of carbonyl (C=O) groups excluding carboxylic acids is 1. The van der Waals surface area contributed by atoms with Crippen LogP contribution in [0, 0.1) is 0 Å². The van der Waals surface area contributed by atoms with Gasteiger partial charge < -0.3 is 4.90 Å². The summed E-state index contributed by atoms with van der Waals surface area (Å²) >= 11 is 0. The fourth-order valence-corrected chi connectivity index (χ4v) is 3.19. The van der Waals surface area contributed by atoms with Gasteiger partial charge in [-0.3, -0.25) is 15.0 Å². The molecular weight excluding hydrogens is 178 g/mol. The van der Waals surface area contributed by atoms with Gasteiger partial charge in [0.15, 0.2) is 0 Å². The van der Waals surface area contributed by atoms with E-state index < -0.39 is 0 Å². The Kier molecular flexibility index (Phi) is 1.99. The van der Waals surface area contributed by atoms with E-state index in [9.17, 15) is 4.79 Å². The number of fused-ring (bicyclic) bond motifs is 1. The van der Waals surface area contributed by atoms with E-state index in [1.165, 1.54) is 32.4 Å². The van der Waals surface area contributed by atoms with E-state index in [2.05, 4.69) is 15.1 Å². The Morgan fingerprint density at radius 2 is 2.14 bits per heavy atom. The normalized spacial score (nSPS) is 38.3. The summed E-state index contributed by atoms with van der Waals surface area (Å²) in [6, 6.07) is 1.17. The first-order valence-electron chi connectivity index (χ1n) is 5.60. The first kappa shape index (κ1) is 8.68. The maximum absolute atomic E-state index is 11.6. The minimum atomic E-state index is 0.295. The highest BCUT2D eigenvalue weighted by Gasteiger charge is 2.42. The summed E-state index contributed by atoms with van der Waals surface area (Å²) in [7, 11) is 0. The Hall–Kier alpha value is -0.610. The summed E-state index contributed by atoms with van der Waals surface area (Å²) in [6.07, 6.45) is 3.78. The van der Waals surface area contributed by atoms with Gasteiger partial charge in [0.2, 0.25) is 5.91 Å². The zero-order chi connectivity index (χ0) is 9.54. The molecule has 4 nitrogen and oxygen atoms in total. The van der Waals surface area contributed by atoms with Crippen LogP contribution in [0.5, 0.6) is 0 Å². The van der Waals surface area contributed by atoms with Gasteiger partial charge in [-0.25, -0.2) is 0 Å². The fraction of sp³-hybridized carbons (Fsp3) is 0.900. The number of nitrogens with one attached hydrogen (secondary N) is 1. The monoisotopic (exact) mass is 195 g/mol. The van der Waals surface area contributed by atoms with Crippen molar-refractivity contribution in [1.29, 1.82) is 0 Å². The van der Waals surface area contributed by atoms with Gasteiger partial charge in [0.1, 0.15) is 0 Å². The van der Waals surface area contributed by atoms with Gasteiger partial charge in [0, 0.05) is 18.6 Å². The van der Waals surface area contributed by atoms with Crippen LogP contribution in [0.3, 0.4) is 0 Å². The lowest BCUT2D eigenvalue weighted by molar-refractivity contribution is -0.128. The maximum Gasteiger partial charge on any atom is 0.237 e. The third-order valence-electron chi connectivity index (χ3n) is 3.85. The van der Waals surface area contributed by atoms with Crippen molar-refractivity contribution in [2.24, 2.45) is 0 Å². The Morgan fingerprint density at radius 3 is 2.93 bits per heavy atom. The molecule has 3 aliphatic rings. The molecule has 3 saturated heterocycles. The first-order valence-corrected chi connectivity index (χ1v) is 5.60. The van der Waals surface area contributed by atoms with Crippen molar-refractivity contribution in [3.8, 4) is 0 Å². The molecule has 0 saturated carbocycles. The number of hydrogen-bond acceptors (Lipinski definition) is 3. The fourth-order valence-electron chi connectivity index (χ4n) is 3.19. The van der Waals surface area contributed by atoms with Crippen LogP contribution in [-0.4, -0.2) is 54.1 Å². The highest BCUT2D eigenvalue weighted by atomic mass is 16.2. The third kappa shape index (κ3) is 1.17. The van der Waals surface area contributed by atoms with Crippen molar-refractivity contribution < 1.29 is 4.79 Å². The molecule has 3 fully saturated rings. The van der Waals surface area contributed by atoms with Crippen molar-refractivity contribution in [2.45, 2.75) is 31.3 Å². The van der Waals surface area contributed by atoms with Crippen molar-refractivity contribution in [2.75, 3.05) is 26.3 Å². The maximum atomic E-state index is 11.6. The van der Waals surface area contributed by atoms with Crippen LogP contribution in [0.4, 0.5) is 0 Å². The van der Waals surface area contributed by atoms with Gasteiger partial charge in [-0.1, -0.05) is 0 Å². The molecule has 0 aliphatic carbocycles. The molecule has 0 spiro atoms. The van der Waals surface area contributed by atoms with Crippen LogP contribution in [0.15, 0.2) is 0 Å². The largest absolute Gasteiger partial charge is 0.324 e. The molecule has 2 atom stereocenters. The molecule has 1 N–H and O–H groups in total. The van der Waals surface area contributed by atoms with Gasteiger partial charge in [0.25, 0.3) is 0 Å². The van der Waals surface area contributed by atoms with Gasteiger partial charge in [-0.05, 0) is 25.8 Å². The molecule has 3 rings (SSSR count). The number of rotatable bonds is 1. The van der Waals surface area contributed by atoms with E-state index in [0.29, 0.717) is 24.5 Å². The molecule has 2 unspecified atom stereocenters. The molecule has 0 aromatic heterocycles. The quantitative estimate of drug-likeness (QED) is 0.619. The zero-order valence-electron chi connectivity index (χ0n) is 8.41. The van der Waals surface area contributed by atoms with Crippen molar-refractivity contribution in [1.82, 2.24) is 15.1 Å². The minimum Gasteiger partial charge on any atom is -0.324 e. The summed E-state index contributed by atoms with van der Waals surface area (Å²) in [6.45, 7) is 3.76. The molecule has 78 valence electrons. The summed E-state index contributed by atoms with van der Waals surface area (Å²) in [5, 5.41) is 3.14. The van der Waals surface area contributed by atoms with Gasteiger partial charge in [0.05, 0.1) is 13.2 Å². The second-order valence-corrected chi connectivity index (χ2v) is 4.55. The molecule has 1 amide bonds. The van der Waals surface area contributed by atoms with E-state index >= 15 is 0 Å². The van der Waals surface area contributed by atoms with Crippen LogP contribution in [-0.2, 0) is 4.79 Å². The second kappa shape index (κ2) is 3.21. The highest BCUT2D eigenvalue weighted by Crippen LogP contribution is 2.31. The smallest absolute Gasteiger partial charge is 0.237 e. The second-order valence-electron chi connectivity index (χ2n) is 4.55. The lowest BCUT2D eigenvalue weighted by Crippen LogP contribution is -2.44. The van der Waals surface area contributed by atoms with E-state index in [1.54, 1.807) is 0 Å². The summed E-state index contributed by atoms with van der Waals surface area (Å²) in [5.41, 5.74) is 0. The molecule has 4 heteroatoms. The summed E-state index contributed by atoms with van der Waals surface area (Å²) < 4.78 is 0. The summed E-state index contributed by atoms with van der Waals surface area (Å²) in [5.74, 6) is 0.295. The Balaban J connectivity index is 1.75. The van der Waals surface area contributed by atoms with Gasteiger partial charge in [-0.2, -0.15) is 0 Å². The number of amides is 1. The van der Waals surface area contributed by atoms with Crippen molar-refractivity contribution in [3.63, 3.8) is 0 Å². The number of hydrogen-bond donors (Lipinski definition) is 1. The standard InChI is InChI=1S/C10H17N3O/c14-10-6-11-7-13(10)9-3-5-12-4-1-2-8(9)12/h8-9,11H,1-7H2. The molecule has 3 heterocycles. The molecule has 0 aromatic rings. The lowest BCUT2D eigenvalue weighted by Gasteiger charge is -2.28. The molecule has 14 heavy (non-hydrogen) atoms. The number of nitrogens with zero attached hydrogens (tertiary/aromatic N) is 2. The molecular formula is C10H17N3O. The van der Waals surface area contributed by atoms with Crippen molar-refractivity contribution in [3.05, 3.63) is 0 Å². The van der Waals surface area contributed by atoms with Crippen LogP contribution in [0.2, 0.25) is 0 Å². The van der Waals surface area contributed by atoms with Crippen LogP contribution in [0.1, 0.15) is 19.3 Å². The predicted molar refractivity (Wildman–Crippen MR) is 52.7 cm³/mol. The Labute approximate surface area is 84.2 Å². The van der Waals surface area contributed by atoms with E-state index in [0.717, 1.165) is 6.67 Å². The predicted octanol–water partition coefficient (Wildman–Crippen LogP) is -0.388. The van der Waals surface area contributed by atoms with E-state index in [-0.39, 0.29) is 0 Å². The summed E-state index contributed by atoms with van der Waals surface area (Å²) in [4.78, 5) is 16.2. The molecule has 3 aliphatic heterocycles. The molecule has 0 aromatic carbocycles. The van der Waals surface area contributed by atoms with Crippen LogP contribution < -0.4 is 5.32 Å². The topological polar surface area (TPSA) is 35.6 Å². The SMILES string of the molecule is O=C1CNCN1C1CCN2CCCC12. The zero-order valence-corrected chi connectivity index (χ0v) is 8.41. The first-order chi connectivity index (χ1) is 6.86. The Bertz CT molecular complexity index is 256. The molecule has 0 bridgehead atoms. The number of carbonyl (C=O) groups is 1. The minimum absolute atomic E-state index is 0.295.